The summed E-state index contributed by atoms with van der Waals surface area (Å²) in [7, 11) is 0. The van der Waals surface area contributed by atoms with E-state index in [1.165, 1.54) is 0 Å². The van der Waals surface area contributed by atoms with Gasteiger partial charge in [0.2, 0.25) is 0 Å². The van der Waals surface area contributed by atoms with E-state index in [0.717, 1.165) is 5.82 Å². The second-order valence-electron chi connectivity index (χ2n) is 4.81. The molecule has 5 nitrogen and oxygen atoms in total. The fourth-order valence-corrected chi connectivity index (χ4v) is 1.19. The lowest BCUT2D eigenvalue weighted by atomic mass is 10.2. The maximum atomic E-state index is 11.2. The first-order valence-electron chi connectivity index (χ1n) is 5.98. The van der Waals surface area contributed by atoms with Crippen LogP contribution in [0.25, 0.3) is 0 Å². The van der Waals surface area contributed by atoms with Crippen LogP contribution in [-0.4, -0.2) is 29.9 Å². The molecule has 1 aromatic rings. The molecule has 5 heteroatoms. The normalized spacial score (nSPS) is 10.8. The van der Waals surface area contributed by atoms with E-state index in [4.69, 9.17) is 9.47 Å². The number of carbonyl (C=O) groups is 1. The van der Waals surface area contributed by atoms with Crippen molar-refractivity contribution in [3.05, 3.63) is 24.4 Å². The van der Waals surface area contributed by atoms with Crippen molar-refractivity contribution in [2.45, 2.75) is 32.8 Å². The van der Waals surface area contributed by atoms with Crippen molar-refractivity contribution in [1.82, 2.24) is 4.98 Å². The number of ether oxygens (including phenoxy) is 2. The van der Waals surface area contributed by atoms with Gasteiger partial charge < -0.3 is 14.8 Å². The van der Waals surface area contributed by atoms with Crippen LogP contribution in [0.3, 0.4) is 0 Å². The summed E-state index contributed by atoms with van der Waals surface area (Å²) in [5, 5.41) is 3.12. The number of anilines is 1. The second kappa shape index (κ2) is 6.83. The number of hydrogen-bond acceptors (Lipinski definition) is 5. The van der Waals surface area contributed by atoms with Crippen LogP contribution in [-0.2, 0) is 9.47 Å². The first kappa shape index (κ1) is 14.3. The molecule has 1 rings (SSSR count). The van der Waals surface area contributed by atoms with Crippen LogP contribution < -0.4 is 5.32 Å². The van der Waals surface area contributed by atoms with E-state index in [9.17, 15) is 4.79 Å². The number of carbonyl (C=O) groups excluding carboxylic acids is 1. The zero-order valence-electron chi connectivity index (χ0n) is 11.1. The third-order valence-electron chi connectivity index (χ3n) is 1.90. The van der Waals surface area contributed by atoms with Gasteiger partial charge in [-0.25, -0.2) is 9.78 Å². The minimum atomic E-state index is -0.625. The minimum absolute atomic E-state index is 0.328. The summed E-state index contributed by atoms with van der Waals surface area (Å²) in [6, 6.07) is 5.65. The Labute approximate surface area is 108 Å². The predicted octanol–water partition coefficient (Wildman–Crippen LogP) is 2.84. The number of pyridine rings is 1. The summed E-state index contributed by atoms with van der Waals surface area (Å²) >= 11 is 0. The number of nitrogens with zero attached hydrogens (tertiary/aromatic N) is 1. The van der Waals surface area contributed by atoms with Gasteiger partial charge in [-0.15, -0.1) is 0 Å². The molecule has 0 fully saturated rings. The quantitative estimate of drug-likeness (QED) is 0.645. The van der Waals surface area contributed by atoms with Gasteiger partial charge in [-0.1, -0.05) is 6.07 Å². The average Bonchev–Trinajstić information content (AvgIpc) is 2.27. The van der Waals surface area contributed by atoms with Crippen LogP contribution in [0.2, 0.25) is 0 Å². The molecule has 0 aliphatic heterocycles. The van der Waals surface area contributed by atoms with Crippen LogP contribution in [0.5, 0.6) is 0 Å². The van der Waals surface area contributed by atoms with E-state index >= 15 is 0 Å². The molecule has 0 saturated carbocycles. The Bertz CT molecular complexity index is 360. The second-order valence-corrected chi connectivity index (χ2v) is 4.81. The smallest absolute Gasteiger partial charge is 0.434 e. The van der Waals surface area contributed by atoms with Crippen molar-refractivity contribution in [2.75, 3.05) is 18.5 Å². The SMILES string of the molecule is CC(C)(C)OC(=O)OCCCNc1ccccn1. The third kappa shape index (κ3) is 6.73. The van der Waals surface area contributed by atoms with Crippen molar-refractivity contribution >= 4 is 12.0 Å². The molecular formula is C13H20N2O3. The number of hydrogen-bond donors (Lipinski definition) is 1. The monoisotopic (exact) mass is 252 g/mol. The van der Waals surface area contributed by atoms with Gasteiger partial charge >= 0.3 is 6.16 Å². The molecule has 0 amide bonds. The minimum Gasteiger partial charge on any atom is -0.434 e. The number of nitrogens with one attached hydrogen (secondary N) is 1. The summed E-state index contributed by atoms with van der Waals surface area (Å²) in [6.45, 7) is 6.43. The van der Waals surface area contributed by atoms with E-state index in [2.05, 4.69) is 10.3 Å². The Morgan fingerprint density at radius 1 is 1.39 bits per heavy atom. The van der Waals surface area contributed by atoms with Gasteiger partial charge in [0.15, 0.2) is 0 Å². The van der Waals surface area contributed by atoms with Crippen LogP contribution in [0.15, 0.2) is 24.4 Å². The third-order valence-corrected chi connectivity index (χ3v) is 1.90. The van der Waals surface area contributed by atoms with Gasteiger partial charge in [-0.05, 0) is 39.3 Å². The molecule has 0 aliphatic carbocycles. The molecule has 100 valence electrons. The maximum absolute atomic E-state index is 11.2. The summed E-state index contributed by atoms with van der Waals surface area (Å²) < 4.78 is 9.94. The lowest BCUT2D eigenvalue weighted by molar-refractivity contribution is -0.00714. The Morgan fingerprint density at radius 3 is 2.78 bits per heavy atom. The van der Waals surface area contributed by atoms with Crippen molar-refractivity contribution in [3.63, 3.8) is 0 Å². The highest BCUT2D eigenvalue weighted by Gasteiger charge is 2.16. The molecule has 1 aromatic heterocycles. The van der Waals surface area contributed by atoms with E-state index in [-0.39, 0.29) is 0 Å². The fourth-order valence-electron chi connectivity index (χ4n) is 1.19. The molecule has 0 radical (unpaired) electrons. The Balaban J connectivity index is 2.07. The molecule has 1 N–H and O–H groups in total. The number of rotatable bonds is 5. The van der Waals surface area contributed by atoms with E-state index in [0.29, 0.717) is 19.6 Å². The van der Waals surface area contributed by atoms with E-state index in [1.807, 2.05) is 18.2 Å². The van der Waals surface area contributed by atoms with Crippen LogP contribution in [0, 0.1) is 0 Å². The molecule has 0 saturated heterocycles. The van der Waals surface area contributed by atoms with Crippen LogP contribution in [0.4, 0.5) is 10.6 Å². The molecule has 0 spiro atoms. The van der Waals surface area contributed by atoms with Crippen molar-refractivity contribution in [1.29, 1.82) is 0 Å². The lowest BCUT2D eigenvalue weighted by Gasteiger charge is -2.18. The molecule has 0 aromatic carbocycles. The van der Waals surface area contributed by atoms with Gasteiger partial charge in [0.05, 0.1) is 6.61 Å². The maximum Gasteiger partial charge on any atom is 0.508 e. The zero-order valence-corrected chi connectivity index (χ0v) is 11.1. The number of aromatic nitrogens is 1. The molecule has 1 heterocycles. The fraction of sp³-hybridized carbons (Fsp3) is 0.538. The summed E-state index contributed by atoms with van der Waals surface area (Å²) in [5.74, 6) is 0.815. The predicted molar refractivity (Wildman–Crippen MR) is 69.5 cm³/mol. The highest BCUT2D eigenvalue weighted by Crippen LogP contribution is 2.08. The highest BCUT2D eigenvalue weighted by atomic mass is 16.7. The summed E-state index contributed by atoms with van der Waals surface area (Å²) in [5.41, 5.74) is -0.511. The van der Waals surface area contributed by atoms with Gasteiger partial charge in [0, 0.05) is 12.7 Å². The summed E-state index contributed by atoms with van der Waals surface area (Å²) in [4.78, 5) is 15.3. The molecule has 0 aliphatic rings. The molecule has 18 heavy (non-hydrogen) atoms. The molecule has 0 unspecified atom stereocenters. The van der Waals surface area contributed by atoms with E-state index in [1.54, 1.807) is 27.0 Å². The summed E-state index contributed by atoms with van der Waals surface area (Å²) in [6.07, 6.45) is 1.80. The van der Waals surface area contributed by atoms with Crippen molar-refractivity contribution in [3.8, 4) is 0 Å². The zero-order chi connectivity index (χ0) is 13.4. The molecule has 0 atom stereocenters. The molecular weight excluding hydrogens is 232 g/mol. The van der Waals surface area contributed by atoms with Crippen LogP contribution in [0.1, 0.15) is 27.2 Å². The average molecular weight is 252 g/mol. The Hall–Kier alpha value is -1.78. The van der Waals surface area contributed by atoms with Crippen molar-refractivity contribution in [2.24, 2.45) is 0 Å². The topological polar surface area (TPSA) is 60.5 Å². The highest BCUT2D eigenvalue weighted by molar-refractivity contribution is 5.60. The largest absolute Gasteiger partial charge is 0.508 e. The van der Waals surface area contributed by atoms with Gasteiger partial charge in [-0.3, -0.25) is 0 Å². The van der Waals surface area contributed by atoms with Crippen molar-refractivity contribution < 1.29 is 14.3 Å². The Morgan fingerprint density at radius 2 is 2.17 bits per heavy atom. The van der Waals surface area contributed by atoms with Crippen LogP contribution >= 0.6 is 0 Å². The van der Waals surface area contributed by atoms with Gasteiger partial charge in [0.25, 0.3) is 0 Å². The standard InChI is InChI=1S/C13H20N2O3/c1-13(2,3)18-12(16)17-10-6-9-15-11-7-4-5-8-14-11/h4-5,7-8H,6,9-10H2,1-3H3,(H,14,15). The van der Waals surface area contributed by atoms with Gasteiger partial charge in [-0.2, -0.15) is 0 Å². The first-order chi connectivity index (χ1) is 8.47. The lowest BCUT2D eigenvalue weighted by Crippen LogP contribution is -2.25. The van der Waals surface area contributed by atoms with Gasteiger partial charge in [0.1, 0.15) is 11.4 Å². The Kier molecular flexibility index (Phi) is 5.42. The molecule has 0 bridgehead atoms. The first-order valence-corrected chi connectivity index (χ1v) is 5.98. The van der Waals surface area contributed by atoms with E-state index < -0.39 is 11.8 Å².